The van der Waals surface area contributed by atoms with E-state index in [0.29, 0.717) is 18.9 Å². The molecule has 6 nitrogen and oxygen atoms in total. The summed E-state index contributed by atoms with van der Waals surface area (Å²) in [6.45, 7) is 3.58. The lowest BCUT2D eigenvalue weighted by atomic mass is 9.95. The average Bonchev–Trinajstić information content (AvgIpc) is 2.76. The van der Waals surface area contributed by atoms with E-state index in [2.05, 4.69) is 17.3 Å². The van der Waals surface area contributed by atoms with Crippen molar-refractivity contribution < 1.29 is 19.1 Å². The molecule has 1 aliphatic heterocycles. The van der Waals surface area contributed by atoms with Crippen LogP contribution in [0.4, 0.5) is 0 Å². The molecule has 0 aromatic carbocycles. The van der Waals surface area contributed by atoms with Gasteiger partial charge in [0.2, 0.25) is 0 Å². The molecule has 6 heteroatoms. The minimum absolute atomic E-state index is 0.0973. The molecule has 1 aliphatic rings. The van der Waals surface area contributed by atoms with Crippen LogP contribution in [0.15, 0.2) is 0 Å². The number of carbonyl (C=O) groups excluding carboxylic acids is 2. The SMILES string of the molecule is COC(=O)CCCCCCC(CCCCCCC(=O)OC)NCC1CCN(C)CC1. The Kier molecular flexibility index (Phi) is 15.7. The van der Waals surface area contributed by atoms with Gasteiger partial charge in [0.05, 0.1) is 14.2 Å². The summed E-state index contributed by atoms with van der Waals surface area (Å²) in [7, 11) is 5.13. The molecule has 1 saturated heterocycles. The number of rotatable bonds is 17. The number of nitrogens with zero attached hydrogens (tertiary/aromatic N) is 1. The van der Waals surface area contributed by atoms with Gasteiger partial charge in [-0.15, -0.1) is 0 Å². The molecule has 1 N–H and O–H groups in total. The Morgan fingerprint density at radius 3 is 1.77 bits per heavy atom. The minimum Gasteiger partial charge on any atom is -0.469 e. The van der Waals surface area contributed by atoms with Gasteiger partial charge in [0, 0.05) is 18.9 Å². The predicted octanol–water partition coefficient (Wildman–Crippen LogP) is 4.31. The topological polar surface area (TPSA) is 67.9 Å². The first-order chi connectivity index (χ1) is 14.5. The molecular weight excluding hydrogens is 380 g/mol. The van der Waals surface area contributed by atoms with E-state index in [1.165, 1.54) is 78.7 Å². The van der Waals surface area contributed by atoms with Crippen LogP contribution in [-0.4, -0.2) is 63.8 Å². The molecule has 0 spiro atoms. The summed E-state index contributed by atoms with van der Waals surface area (Å²) in [5.41, 5.74) is 0. The van der Waals surface area contributed by atoms with Crippen LogP contribution in [0.3, 0.4) is 0 Å². The second-order valence-electron chi connectivity index (χ2n) is 8.91. The molecule has 0 bridgehead atoms. The lowest BCUT2D eigenvalue weighted by Gasteiger charge is -2.30. The number of hydrogen-bond acceptors (Lipinski definition) is 6. The summed E-state index contributed by atoms with van der Waals surface area (Å²) < 4.78 is 9.41. The maximum absolute atomic E-state index is 11.2. The molecule has 0 atom stereocenters. The lowest BCUT2D eigenvalue weighted by molar-refractivity contribution is -0.141. The number of ether oxygens (including phenoxy) is 2. The molecule has 0 radical (unpaired) electrons. The summed E-state index contributed by atoms with van der Waals surface area (Å²) in [4.78, 5) is 24.8. The van der Waals surface area contributed by atoms with Crippen molar-refractivity contribution in [3.8, 4) is 0 Å². The Hall–Kier alpha value is -1.14. The van der Waals surface area contributed by atoms with E-state index in [-0.39, 0.29) is 11.9 Å². The number of hydrogen-bond donors (Lipinski definition) is 1. The van der Waals surface area contributed by atoms with Gasteiger partial charge in [-0.1, -0.05) is 38.5 Å². The average molecular weight is 427 g/mol. The van der Waals surface area contributed by atoms with Crippen LogP contribution in [0.1, 0.15) is 89.9 Å². The first-order valence-electron chi connectivity index (χ1n) is 12.1. The first kappa shape index (κ1) is 26.9. The number of piperidine rings is 1. The van der Waals surface area contributed by atoms with Crippen molar-refractivity contribution in [2.45, 2.75) is 95.9 Å². The molecule has 0 unspecified atom stereocenters. The smallest absolute Gasteiger partial charge is 0.305 e. The van der Waals surface area contributed by atoms with E-state index in [1.807, 2.05) is 0 Å². The van der Waals surface area contributed by atoms with Gasteiger partial charge in [0.15, 0.2) is 0 Å². The van der Waals surface area contributed by atoms with Crippen molar-refractivity contribution in [3.05, 3.63) is 0 Å². The summed E-state index contributed by atoms with van der Waals surface area (Å²) in [6, 6.07) is 0.589. The molecular formula is C24H46N2O4. The van der Waals surface area contributed by atoms with Crippen LogP contribution in [0.25, 0.3) is 0 Å². The van der Waals surface area contributed by atoms with E-state index in [9.17, 15) is 9.59 Å². The number of carbonyl (C=O) groups is 2. The summed E-state index contributed by atoms with van der Waals surface area (Å²) in [5.74, 6) is 0.614. The Balaban J connectivity index is 2.22. The van der Waals surface area contributed by atoms with Gasteiger partial charge in [-0.05, 0) is 71.1 Å². The molecule has 0 aromatic rings. The van der Waals surface area contributed by atoms with Crippen LogP contribution < -0.4 is 5.32 Å². The van der Waals surface area contributed by atoms with Gasteiger partial charge in [-0.3, -0.25) is 9.59 Å². The second-order valence-corrected chi connectivity index (χ2v) is 8.91. The van der Waals surface area contributed by atoms with Gasteiger partial charge in [-0.25, -0.2) is 0 Å². The number of esters is 2. The minimum atomic E-state index is -0.0973. The third kappa shape index (κ3) is 14.0. The summed E-state index contributed by atoms with van der Waals surface area (Å²) in [6.07, 6.45) is 15.0. The largest absolute Gasteiger partial charge is 0.469 e. The lowest BCUT2D eigenvalue weighted by Crippen LogP contribution is -2.38. The molecule has 1 rings (SSSR count). The Morgan fingerprint density at radius 1 is 0.833 bits per heavy atom. The molecule has 0 amide bonds. The highest BCUT2D eigenvalue weighted by molar-refractivity contribution is 5.69. The molecule has 176 valence electrons. The van der Waals surface area contributed by atoms with Crippen molar-refractivity contribution >= 4 is 11.9 Å². The van der Waals surface area contributed by atoms with Gasteiger partial charge < -0.3 is 19.7 Å². The Labute approximate surface area is 184 Å². The van der Waals surface area contributed by atoms with E-state index in [4.69, 9.17) is 9.47 Å². The highest BCUT2D eigenvalue weighted by Crippen LogP contribution is 2.18. The van der Waals surface area contributed by atoms with Crippen LogP contribution in [0.5, 0.6) is 0 Å². The predicted molar refractivity (Wildman–Crippen MR) is 121 cm³/mol. The zero-order valence-corrected chi connectivity index (χ0v) is 19.8. The van der Waals surface area contributed by atoms with Crippen LogP contribution in [0.2, 0.25) is 0 Å². The molecule has 0 saturated carbocycles. The van der Waals surface area contributed by atoms with Crippen LogP contribution in [-0.2, 0) is 19.1 Å². The van der Waals surface area contributed by atoms with Crippen molar-refractivity contribution in [2.24, 2.45) is 5.92 Å². The van der Waals surface area contributed by atoms with Gasteiger partial charge in [0.1, 0.15) is 0 Å². The van der Waals surface area contributed by atoms with Crippen LogP contribution >= 0.6 is 0 Å². The first-order valence-corrected chi connectivity index (χ1v) is 12.1. The Morgan fingerprint density at radius 2 is 1.30 bits per heavy atom. The van der Waals surface area contributed by atoms with E-state index < -0.39 is 0 Å². The number of methoxy groups -OCH3 is 2. The number of nitrogens with one attached hydrogen (secondary N) is 1. The fraction of sp³-hybridized carbons (Fsp3) is 0.917. The molecule has 30 heavy (non-hydrogen) atoms. The van der Waals surface area contributed by atoms with Crippen molar-refractivity contribution in [1.29, 1.82) is 0 Å². The normalized spacial score (nSPS) is 15.5. The van der Waals surface area contributed by atoms with Crippen molar-refractivity contribution in [3.63, 3.8) is 0 Å². The van der Waals surface area contributed by atoms with Crippen molar-refractivity contribution in [2.75, 3.05) is 40.9 Å². The van der Waals surface area contributed by atoms with Crippen LogP contribution in [0, 0.1) is 5.92 Å². The third-order valence-electron chi connectivity index (χ3n) is 6.36. The number of likely N-dealkylation sites (tertiary alicyclic amines) is 1. The maximum atomic E-state index is 11.2. The van der Waals surface area contributed by atoms with E-state index in [0.717, 1.165) is 38.1 Å². The fourth-order valence-electron chi connectivity index (χ4n) is 4.18. The second kappa shape index (κ2) is 17.5. The zero-order valence-electron chi connectivity index (χ0n) is 19.8. The standard InChI is InChI=1S/C24H46N2O4/c1-26-18-16-21(17-19-26)20-25-22(12-8-4-6-10-14-23(27)29-2)13-9-5-7-11-15-24(28)30-3/h21-22,25H,4-20H2,1-3H3. The zero-order chi connectivity index (χ0) is 22.0. The molecule has 1 fully saturated rings. The fourth-order valence-corrected chi connectivity index (χ4v) is 4.18. The maximum Gasteiger partial charge on any atom is 0.305 e. The van der Waals surface area contributed by atoms with Gasteiger partial charge in [0.25, 0.3) is 0 Å². The van der Waals surface area contributed by atoms with E-state index >= 15 is 0 Å². The third-order valence-corrected chi connectivity index (χ3v) is 6.36. The highest BCUT2D eigenvalue weighted by Gasteiger charge is 2.18. The molecule has 1 heterocycles. The molecule has 0 aliphatic carbocycles. The number of unbranched alkanes of at least 4 members (excludes halogenated alkanes) is 6. The Bertz CT molecular complexity index is 422. The van der Waals surface area contributed by atoms with Crippen molar-refractivity contribution in [1.82, 2.24) is 10.2 Å². The quantitative estimate of drug-likeness (QED) is 0.276. The summed E-state index contributed by atoms with van der Waals surface area (Å²) >= 11 is 0. The molecule has 0 aromatic heterocycles. The highest BCUT2D eigenvalue weighted by atomic mass is 16.5. The van der Waals surface area contributed by atoms with E-state index in [1.54, 1.807) is 0 Å². The van der Waals surface area contributed by atoms with Gasteiger partial charge in [-0.2, -0.15) is 0 Å². The summed E-state index contributed by atoms with van der Waals surface area (Å²) in [5, 5.41) is 3.87. The van der Waals surface area contributed by atoms with Gasteiger partial charge >= 0.3 is 11.9 Å². The monoisotopic (exact) mass is 426 g/mol.